The zero-order chi connectivity index (χ0) is 15.2. The molecule has 0 saturated carbocycles. The number of para-hydroxylation sites is 2. The maximum Gasteiger partial charge on any atom is 0.161 e. The van der Waals surface area contributed by atoms with Gasteiger partial charge in [0.2, 0.25) is 0 Å². The molecule has 0 amide bonds. The number of hydrogen-bond donors (Lipinski definition) is 1. The molecule has 6 heteroatoms. The first-order chi connectivity index (χ1) is 9.28. The summed E-state index contributed by atoms with van der Waals surface area (Å²) in [5.41, 5.74) is 0. The number of methoxy groups -OCH3 is 1. The first-order valence-corrected chi connectivity index (χ1v) is 8.33. The number of benzene rings is 1. The summed E-state index contributed by atoms with van der Waals surface area (Å²) < 4.78 is 33.1. The largest absolute Gasteiger partial charge is 0.493 e. The van der Waals surface area contributed by atoms with Crippen LogP contribution in [-0.4, -0.2) is 46.2 Å². The predicted molar refractivity (Wildman–Crippen MR) is 80.3 cm³/mol. The fraction of sp³-hybridized carbons (Fsp3) is 0.571. The molecule has 20 heavy (non-hydrogen) atoms. The predicted octanol–water partition coefficient (Wildman–Crippen LogP) is 1.49. The van der Waals surface area contributed by atoms with Crippen LogP contribution in [0.1, 0.15) is 13.8 Å². The average molecular weight is 301 g/mol. The van der Waals surface area contributed by atoms with Gasteiger partial charge in [0, 0.05) is 19.3 Å². The van der Waals surface area contributed by atoms with Crippen molar-refractivity contribution in [2.75, 3.05) is 33.1 Å². The van der Waals surface area contributed by atoms with Gasteiger partial charge in [-0.15, -0.1) is 0 Å². The highest BCUT2D eigenvalue weighted by Gasteiger charge is 2.29. The highest BCUT2D eigenvalue weighted by molar-refractivity contribution is 7.92. The highest BCUT2D eigenvalue weighted by Crippen LogP contribution is 2.25. The molecule has 0 fully saturated rings. The Morgan fingerprint density at radius 1 is 1.20 bits per heavy atom. The molecule has 1 rings (SSSR count). The van der Waals surface area contributed by atoms with E-state index in [0.29, 0.717) is 31.2 Å². The van der Waals surface area contributed by atoms with E-state index >= 15 is 0 Å². The van der Waals surface area contributed by atoms with Gasteiger partial charge in [0.25, 0.3) is 0 Å². The fourth-order valence-corrected chi connectivity index (χ4v) is 1.86. The third kappa shape index (κ3) is 4.68. The van der Waals surface area contributed by atoms with Crippen LogP contribution in [0.15, 0.2) is 24.3 Å². The molecule has 5 nitrogen and oxygen atoms in total. The lowest BCUT2D eigenvalue weighted by molar-refractivity contribution is 0.291. The maximum atomic E-state index is 11.5. The maximum absolute atomic E-state index is 11.5. The molecule has 0 unspecified atom stereocenters. The van der Waals surface area contributed by atoms with Crippen molar-refractivity contribution in [1.82, 2.24) is 5.32 Å². The third-order valence-electron chi connectivity index (χ3n) is 3.16. The molecule has 1 aromatic rings. The summed E-state index contributed by atoms with van der Waals surface area (Å²) in [5, 5.41) is 3.09. The number of ether oxygens (including phenoxy) is 2. The second kappa shape index (κ2) is 6.95. The van der Waals surface area contributed by atoms with Gasteiger partial charge < -0.3 is 14.8 Å². The van der Waals surface area contributed by atoms with E-state index in [9.17, 15) is 8.42 Å². The summed E-state index contributed by atoms with van der Waals surface area (Å²) in [6, 6.07) is 7.41. The zero-order valence-electron chi connectivity index (χ0n) is 12.5. The Morgan fingerprint density at radius 2 is 1.80 bits per heavy atom. The van der Waals surface area contributed by atoms with Crippen molar-refractivity contribution in [2.45, 2.75) is 18.6 Å². The molecule has 1 aromatic carbocycles. The monoisotopic (exact) mass is 301 g/mol. The third-order valence-corrected chi connectivity index (χ3v) is 5.31. The Hall–Kier alpha value is -1.27. The van der Waals surface area contributed by atoms with Gasteiger partial charge in [-0.1, -0.05) is 12.1 Å². The molecule has 0 heterocycles. The standard InChI is InChI=1S/C14H23NO4S/c1-14(2,20(4,16)17)11-15-9-10-19-13-8-6-5-7-12(13)18-3/h5-8,15H,9-11H2,1-4H3. The van der Waals surface area contributed by atoms with E-state index in [-0.39, 0.29) is 0 Å². The van der Waals surface area contributed by atoms with Crippen molar-refractivity contribution in [3.05, 3.63) is 24.3 Å². The van der Waals surface area contributed by atoms with Crippen molar-refractivity contribution in [3.8, 4) is 11.5 Å². The SMILES string of the molecule is COc1ccccc1OCCNCC(C)(C)S(C)(=O)=O. The molecule has 0 aliphatic rings. The van der Waals surface area contributed by atoms with Crippen LogP contribution < -0.4 is 14.8 Å². The smallest absolute Gasteiger partial charge is 0.161 e. The lowest BCUT2D eigenvalue weighted by atomic mass is 10.2. The van der Waals surface area contributed by atoms with Crippen molar-refractivity contribution in [1.29, 1.82) is 0 Å². The average Bonchev–Trinajstić information content (AvgIpc) is 2.37. The van der Waals surface area contributed by atoms with Gasteiger partial charge in [-0.25, -0.2) is 8.42 Å². The second-order valence-corrected chi connectivity index (χ2v) is 7.86. The Labute approximate surface area is 121 Å². The van der Waals surface area contributed by atoms with E-state index in [2.05, 4.69) is 5.32 Å². The van der Waals surface area contributed by atoms with Crippen LogP contribution in [0.25, 0.3) is 0 Å². The van der Waals surface area contributed by atoms with Gasteiger partial charge in [-0.05, 0) is 26.0 Å². The lowest BCUT2D eigenvalue weighted by Crippen LogP contribution is -2.42. The van der Waals surface area contributed by atoms with Gasteiger partial charge in [0.05, 0.1) is 11.9 Å². The quantitative estimate of drug-likeness (QED) is 0.737. The van der Waals surface area contributed by atoms with E-state index in [1.54, 1.807) is 21.0 Å². The summed E-state index contributed by atoms with van der Waals surface area (Å²) in [5.74, 6) is 1.36. The molecular weight excluding hydrogens is 278 g/mol. The summed E-state index contributed by atoms with van der Waals surface area (Å²) in [6.07, 6.45) is 1.25. The minimum atomic E-state index is -3.08. The Morgan fingerprint density at radius 3 is 2.35 bits per heavy atom. The highest BCUT2D eigenvalue weighted by atomic mass is 32.2. The molecule has 0 atom stereocenters. The van der Waals surface area contributed by atoms with Crippen LogP contribution in [0.4, 0.5) is 0 Å². The molecular formula is C14H23NO4S. The minimum absolute atomic E-state index is 0.390. The Bertz CT molecular complexity index is 526. The molecule has 0 aliphatic carbocycles. The normalized spacial score (nSPS) is 12.2. The molecule has 1 N–H and O–H groups in total. The van der Waals surface area contributed by atoms with Crippen LogP contribution in [0.3, 0.4) is 0 Å². The van der Waals surface area contributed by atoms with E-state index in [4.69, 9.17) is 9.47 Å². The molecule has 0 saturated heterocycles. The molecule has 0 aliphatic heterocycles. The van der Waals surface area contributed by atoms with Crippen LogP contribution in [0, 0.1) is 0 Å². The Kier molecular flexibility index (Phi) is 5.83. The van der Waals surface area contributed by atoms with Crippen molar-refractivity contribution in [2.24, 2.45) is 0 Å². The van der Waals surface area contributed by atoms with Crippen molar-refractivity contribution < 1.29 is 17.9 Å². The lowest BCUT2D eigenvalue weighted by Gasteiger charge is -2.22. The summed E-state index contributed by atoms with van der Waals surface area (Å²) in [6.45, 7) is 4.81. The van der Waals surface area contributed by atoms with E-state index < -0.39 is 14.6 Å². The van der Waals surface area contributed by atoms with Crippen LogP contribution in [0.5, 0.6) is 11.5 Å². The minimum Gasteiger partial charge on any atom is -0.493 e. The number of hydrogen-bond acceptors (Lipinski definition) is 5. The van der Waals surface area contributed by atoms with Crippen molar-refractivity contribution >= 4 is 9.84 Å². The molecule has 0 bridgehead atoms. The zero-order valence-corrected chi connectivity index (χ0v) is 13.3. The van der Waals surface area contributed by atoms with Gasteiger partial charge in [0.15, 0.2) is 21.3 Å². The summed E-state index contributed by atoms with van der Waals surface area (Å²) in [4.78, 5) is 0. The molecule has 0 spiro atoms. The van der Waals surface area contributed by atoms with Gasteiger partial charge >= 0.3 is 0 Å². The van der Waals surface area contributed by atoms with Gasteiger partial charge in [-0.3, -0.25) is 0 Å². The molecule has 0 aromatic heterocycles. The van der Waals surface area contributed by atoms with E-state index in [0.717, 1.165) is 0 Å². The van der Waals surface area contributed by atoms with E-state index in [1.165, 1.54) is 6.26 Å². The summed E-state index contributed by atoms with van der Waals surface area (Å²) >= 11 is 0. The fourth-order valence-electron chi connectivity index (χ4n) is 1.49. The van der Waals surface area contributed by atoms with Crippen LogP contribution >= 0.6 is 0 Å². The van der Waals surface area contributed by atoms with Crippen molar-refractivity contribution in [3.63, 3.8) is 0 Å². The Balaban J connectivity index is 2.36. The van der Waals surface area contributed by atoms with Gasteiger partial charge in [0.1, 0.15) is 6.61 Å². The summed E-state index contributed by atoms with van der Waals surface area (Å²) in [7, 11) is -1.48. The first-order valence-electron chi connectivity index (χ1n) is 6.44. The first kappa shape index (κ1) is 16.8. The van der Waals surface area contributed by atoms with Gasteiger partial charge in [-0.2, -0.15) is 0 Å². The molecule has 0 radical (unpaired) electrons. The van der Waals surface area contributed by atoms with Crippen LogP contribution in [-0.2, 0) is 9.84 Å². The second-order valence-electron chi connectivity index (χ2n) is 5.21. The molecule has 114 valence electrons. The number of rotatable bonds is 8. The number of nitrogens with one attached hydrogen (secondary N) is 1. The number of sulfone groups is 1. The topological polar surface area (TPSA) is 64.6 Å². The van der Waals surface area contributed by atoms with E-state index in [1.807, 2.05) is 24.3 Å². The van der Waals surface area contributed by atoms with Crippen LogP contribution in [0.2, 0.25) is 0 Å².